The largest absolute Gasteiger partial charge is 0.480 e. The van der Waals surface area contributed by atoms with Crippen molar-refractivity contribution in [3.05, 3.63) is 70.2 Å². The Labute approximate surface area is 201 Å². The molecule has 0 bridgehead atoms. The summed E-state index contributed by atoms with van der Waals surface area (Å²) < 4.78 is 6.10. The lowest BCUT2D eigenvalue weighted by Gasteiger charge is -2.27. The number of hydrogen-bond acceptors (Lipinski definition) is 5. The average Bonchev–Trinajstić information content (AvgIpc) is 2.73. The van der Waals surface area contributed by atoms with Crippen LogP contribution in [0, 0.1) is 0 Å². The van der Waals surface area contributed by atoms with Gasteiger partial charge in [-0.25, -0.2) is 9.59 Å². The molecular weight excluding hydrogens is 492 g/mol. The third kappa shape index (κ3) is 9.23. The molecule has 2 aromatic rings. The molecule has 0 saturated heterocycles. The smallest absolute Gasteiger partial charge is 0.407 e. The number of carboxylic acids is 1. The average molecular weight is 521 g/mol. The summed E-state index contributed by atoms with van der Waals surface area (Å²) in [4.78, 5) is 36.8. The number of ether oxygens (including phenoxy) is 1. The second kappa shape index (κ2) is 11.8. The molecule has 33 heavy (non-hydrogen) atoms. The fraction of sp³-hybridized carbons (Fsp3) is 0.375. The van der Waals surface area contributed by atoms with E-state index in [2.05, 4.69) is 26.6 Å². The van der Waals surface area contributed by atoms with Crippen molar-refractivity contribution in [3.8, 4) is 0 Å². The highest BCUT2D eigenvalue weighted by Gasteiger charge is 2.32. The molecule has 0 saturated carbocycles. The number of aliphatic carboxylic acids is 1. The lowest BCUT2D eigenvalue weighted by atomic mass is 10.00. The van der Waals surface area contributed by atoms with Crippen LogP contribution in [0.15, 0.2) is 59.1 Å². The molecule has 0 heterocycles. The number of aliphatic hydroxyl groups is 1. The van der Waals surface area contributed by atoms with E-state index in [9.17, 15) is 24.6 Å². The summed E-state index contributed by atoms with van der Waals surface area (Å²) in [5.74, 6) is -2.14. The summed E-state index contributed by atoms with van der Waals surface area (Å²) in [6, 6.07) is 13.7. The molecule has 0 aliphatic rings. The van der Waals surface area contributed by atoms with E-state index in [-0.39, 0.29) is 12.8 Å². The number of alkyl carbamates (subject to hydrolysis) is 1. The molecule has 2 aromatic carbocycles. The molecule has 0 spiro atoms. The number of halogens is 1. The van der Waals surface area contributed by atoms with Gasteiger partial charge >= 0.3 is 12.1 Å². The van der Waals surface area contributed by atoms with Crippen molar-refractivity contribution in [3.63, 3.8) is 0 Å². The lowest BCUT2D eigenvalue weighted by Crippen LogP contribution is -2.55. The number of hydrogen-bond donors (Lipinski definition) is 4. The van der Waals surface area contributed by atoms with Crippen molar-refractivity contribution in [1.82, 2.24) is 10.6 Å². The van der Waals surface area contributed by atoms with Crippen LogP contribution in [0.25, 0.3) is 0 Å². The molecule has 1 unspecified atom stereocenters. The Hall–Kier alpha value is -2.91. The van der Waals surface area contributed by atoms with E-state index in [1.165, 1.54) is 0 Å². The van der Waals surface area contributed by atoms with Gasteiger partial charge in [-0.2, -0.15) is 0 Å². The zero-order valence-corrected chi connectivity index (χ0v) is 20.3. The van der Waals surface area contributed by atoms with E-state index in [0.29, 0.717) is 5.56 Å². The molecule has 178 valence electrons. The molecular formula is C24H29BrN2O6. The van der Waals surface area contributed by atoms with Gasteiger partial charge in [0, 0.05) is 10.9 Å². The van der Waals surface area contributed by atoms with Gasteiger partial charge in [0.15, 0.2) is 6.10 Å². The summed E-state index contributed by atoms with van der Waals surface area (Å²) in [5, 5.41) is 25.2. The third-order valence-corrected chi connectivity index (χ3v) is 5.15. The molecule has 8 nitrogen and oxygen atoms in total. The molecule has 3 atom stereocenters. The Morgan fingerprint density at radius 1 is 0.939 bits per heavy atom. The first-order chi connectivity index (χ1) is 15.4. The topological polar surface area (TPSA) is 125 Å². The van der Waals surface area contributed by atoms with E-state index in [1.54, 1.807) is 69.3 Å². The Kier molecular flexibility index (Phi) is 9.43. The zero-order chi connectivity index (χ0) is 24.6. The predicted molar refractivity (Wildman–Crippen MR) is 127 cm³/mol. The molecule has 9 heteroatoms. The van der Waals surface area contributed by atoms with Crippen molar-refractivity contribution in [2.45, 2.75) is 57.4 Å². The second-order valence-electron chi connectivity index (χ2n) is 8.62. The van der Waals surface area contributed by atoms with Crippen LogP contribution in [0.5, 0.6) is 0 Å². The van der Waals surface area contributed by atoms with Gasteiger partial charge in [0.05, 0.1) is 6.04 Å². The van der Waals surface area contributed by atoms with Crippen LogP contribution < -0.4 is 10.6 Å². The highest BCUT2D eigenvalue weighted by molar-refractivity contribution is 9.10. The first-order valence-electron chi connectivity index (χ1n) is 10.4. The normalized spacial score (nSPS) is 14.0. The van der Waals surface area contributed by atoms with E-state index in [1.807, 2.05) is 6.07 Å². The number of nitrogens with one attached hydrogen (secondary N) is 2. The molecule has 4 N–H and O–H groups in total. The van der Waals surface area contributed by atoms with Crippen LogP contribution in [-0.2, 0) is 27.2 Å². The van der Waals surface area contributed by atoms with Gasteiger partial charge in [-0.1, -0.05) is 58.4 Å². The summed E-state index contributed by atoms with van der Waals surface area (Å²) in [5.41, 5.74) is 0.705. The number of rotatable bonds is 9. The van der Waals surface area contributed by atoms with Gasteiger partial charge in [-0.15, -0.1) is 0 Å². The number of carbonyl (C=O) groups excluding carboxylic acids is 2. The van der Waals surface area contributed by atoms with Crippen LogP contribution in [0.1, 0.15) is 31.9 Å². The second-order valence-corrected chi connectivity index (χ2v) is 9.53. The molecule has 2 amide bonds. The molecule has 0 radical (unpaired) electrons. The number of benzene rings is 2. The van der Waals surface area contributed by atoms with Gasteiger partial charge in [0.25, 0.3) is 5.91 Å². The minimum Gasteiger partial charge on any atom is -0.480 e. The minimum atomic E-state index is -1.70. The maximum Gasteiger partial charge on any atom is 0.407 e. The standard InChI is InChI=1S/C24H29BrN2O6/c1-24(2,3)33-23(32)27-18(13-15-7-5-4-6-8-15)20(28)21(29)26-19(22(30)31)14-16-9-11-17(25)12-10-16/h4-12,18-20,28H,13-14H2,1-3H3,(H,26,29)(H,27,32)(H,30,31)/t18-,19?,20+/m1/s1. The maximum atomic E-state index is 12.8. The fourth-order valence-electron chi connectivity index (χ4n) is 3.06. The van der Waals surface area contributed by atoms with E-state index in [0.717, 1.165) is 10.0 Å². The van der Waals surface area contributed by atoms with Crippen LogP contribution in [0.4, 0.5) is 4.79 Å². The third-order valence-electron chi connectivity index (χ3n) is 4.62. The SMILES string of the molecule is CC(C)(C)OC(=O)N[C@H](Cc1ccccc1)[C@H](O)C(=O)NC(Cc1ccc(Br)cc1)C(=O)O. The quantitative estimate of drug-likeness (QED) is 0.402. The fourth-order valence-corrected chi connectivity index (χ4v) is 3.33. The molecule has 0 aromatic heterocycles. The molecule has 0 aliphatic carbocycles. The van der Waals surface area contributed by atoms with Crippen molar-refractivity contribution in [2.24, 2.45) is 0 Å². The number of amides is 2. The molecule has 0 aliphatic heterocycles. The number of carboxylic acid groups (broad SMARTS) is 1. The van der Waals surface area contributed by atoms with E-state index >= 15 is 0 Å². The van der Waals surface area contributed by atoms with Crippen molar-refractivity contribution >= 4 is 33.9 Å². The number of aliphatic hydroxyl groups excluding tert-OH is 1. The van der Waals surface area contributed by atoms with Gasteiger partial charge in [-0.3, -0.25) is 4.79 Å². The van der Waals surface area contributed by atoms with Crippen LogP contribution in [0.2, 0.25) is 0 Å². The zero-order valence-electron chi connectivity index (χ0n) is 18.7. The minimum absolute atomic E-state index is 0.0317. The maximum absolute atomic E-state index is 12.8. The van der Waals surface area contributed by atoms with Crippen LogP contribution in [0.3, 0.4) is 0 Å². The van der Waals surface area contributed by atoms with Gasteiger partial charge < -0.3 is 25.6 Å². The summed E-state index contributed by atoms with van der Waals surface area (Å²) >= 11 is 3.32. The van der Waals surface area contributed by atoms with E-state index in [4.69, 9.17) is 4.74 Å². The Morgan fingerprint density at radius 3 is 2.06 bits per heavy atom. The van der Waals surface area contributed by atoms with E-state index < -0.39 is 41.8 Å². The Bertz CT molecular complexity index is 944. The van der Waals surface area contributed by atoms with Crippen molar-refractivity contribution in [2.75, 3.05) is 0 Å². The lowest BCUT2D eigenvalue weighted by molar-refractivity contribution is -0.143. The van der Waals surface area contributed by atoms with Crippen molar-refractivity contribution < 1.29 is 29.3 Å². The van der Waals surface area contributed by atoms with Gasteiger partial charge in [0.2, 0.25) is 0 Å². The first-order valence-corrected chi connectivity index (χ1v) is 11.2. The summed E-state index contributed by atoms with van der Waals surface area (Å²) in [7, 11) is 0. The summed E-state index contributed by atoms with van der Waals surface area (Å²) in [6.07, 6.45) is -2.33. The summed E-state index contributed by atoms with van der Waals surface area (Å²) in [6.45, 7) is 5.09. The Morgan fingerprint density at radius 2 is 1.52 bits per heavy atom. The predicted octanol–water partition coefficient (Wildman–Crippen LogP) is 3.06. The highest BCUT2D eigenvalue weighted by atomic mass is 79.9. The Balaban J connectivity index is 2.14. The van der Waals surface area contributed by atoms with Crippen LogP contribution >= 0.6 is 15.9 Å². The van der Waals surface area contributed by atoms with Gasteiger partial charge in [0.1, 0.15) is 11.6 Å². The molecule has 0 fully saturated rings. The monoisotopic (exact) mass is 520 g/mol. The van der Waals surface area contributed by atoms with Crippen molar-refractivity contribution in [1.29, 1.82) is 0 Å². The molecule has 2 rings (SSSR count). The van der Waals surface area contributed by atoms with Gasteiger partial charge in [-0.05, 0) is 50.5 Å². The first kappa shape index (κ1) is 26.3. The highest BCUT2D eigenvalue weighted by Crippen LogP contribution is 2.13. The number of carbonyl (C=O) groups is 3. The van der Waals surface area contributed by atoms with Crippen LogP contribution in [-0.4, -0.2) is 52.0 Å².